The first-order valence-electron chi connectivity index (χ1n) is 6.87. The van der Waals surface area contributed by atoms with Crippen LogP contribution in [0.3, 0.4) is 0 Å². The zero-order valence-electron chi connectivity index (χ0n) is 11.8. The van der Waals surface area contributed by atoms with Gasteiger partial charge >= 0.3 is 0 Å². The Morgan fingerprint density at radius 1 is 1.20 bits per heavy atom. The van der Waals surface area contributed by atoms with E-state index in [9.17, 15) is 5.26 Å². The number of para-hydroxylation sites is 2. The molecular formula is C15H18N4O. The predicted octanol–water partition coefficient (Wildman–Crippen LogP) is 2.25. The summed E-state index contributed by atoms with van der Waals surface area (Å²) in [5.74, 6) is 0. The molecule has 0 aliphatic carbocycles. The summed E-state index contributed by atoms with van der Waals surface area (Å²) in [5, 5.41) is 9.19. The van der Waals surface area contributed by atoms with Gasteiger partial charge in [0.15, 0.2) is 5.58 Å². The molecule has 5 nitrogen and oxygen atoms in total. The summed E-state index contributed by atoms with van der Waals surface area (Å²) in [4.78, 5) is 8.86. The fourth-order valence-electron chi connectivity index (χ4n) is 2.52. The van der Waals surface area contributed by atoms with Crippen molar-refractivity contribution in [2.24, 2.45) is 0 Å². The van der Waals surface area contributed by atoms with Crippen molar-refractivity contribution in [3.05, 3.63) is 24.3 Å². The first-order valence-corrected chi connectivity index (χ1v) is 6.87. The SMILES string of the molecule is CC(C)(C#N)N1CCN(c2nc3ccccc3o2)CC1. The zero-order valence-corrected chi connectivity index (χ0v) is 11.8. The summed E-state index contributed by atoms with van der Waals surface area (Å²) in [6.45, 7) is 7.28. The van der Waals surface area contributed by atoms with Gasteiger partial charge in [-0.25, -0.2) is 0 Å². The van der Waals surface area contributed by atoms with Crippen molar-refractivity contribution >= 4 is 17.1 Å². The van der Waals surface area contributed by atoms with Crippen LogP contribution in [0, 0.1) is 11.3 Å². The van der Waals surface area contributed by atoms with E-state index in [1.165, 1.54) is 0 Å². The number of rotatable bonds is 2. The van der Waals surface area contributed by atoms with Gasteiger partial charge in [-0.1, -0.05) is 12.1 Å². The molecule has 2 aromatic rings. The van der Waals surface area contributed by atoms with Crippen molar-refractivity contribution in [1.29, 1.82) is 5.26 Å². The van der Waals surface area contributed by atoms with E-state index in [0.717, 1.165) is 37.3 Å². The van der Waals surface area contributed by atoms with Gasteiger partial charge < -0.3 is 9.32 Å². The minimum absolute atomic E-state index is 0.409. The van der Waals surface area contributed by atoms with Crippen LogP contribution in [0.25, 0.3) is 11.1 Å². The Balaban J connectivity index is 1.74. The molecule has 104 valence electrons. The van der Waals surface area contributed by atoms with Gasteiger partial charge in [0.05, 0.1) is 6.07 Å². The van der Waals surface area contributed by atoms with Crippen LogP contribution in [0.2, 0.25) is 0 Å². The van der Waals surface area contributed by atoms with Gasteiger partial charge in [-0.05, 0) is 26.0 Å². The summed E-state index contributed by atoms with van der Waals surface area (Å²) < 4.78 is 5.79. The van der Waals surface area contributed by atoms with Gasteiger partial charge in [0, 0.05) is 26.2 Å². The molecule has 1 fully saturated rings. The highest BCUT2D eigenvalue weighted by Gasteiger charge is 2.30. The van der Waals surface area contributed by atoms with Crippen molar-refractivity contribution in [1.82, 2.24) is 9.88 Å². The number of oxazole rings is 1. The molecule has 0 saturated carbocycles. The van der Waals surface area contributed by atoms with Crippen molar-refractivity contribution < 1.29 is 4.42 Å². The average molecular weight is 270 g/mol. The van der Waals surface area contributed by atoms with Crippen LogP contribution in [0.1, 0.15) is 13.8 Å². The lowest BCUT2D eigenvalue weighted by Crippen LogP contribution is -2.54. The van der Waals surface area contributed by atoms with Gasteiger partial charge in [0.2, 0.25) is 0 Å². The third-order valence-corrected chi connectivity index (χ3v) is 3.90. The molecule has 20 heavy (non-hydrogen) atoms. The molecule has 1 aliphatic rings. The van der Waals surface area contributed by atoms with Crippen molar-refractivity contribution in [3.8, 4) is 6.07 Å². The molecule has 0 N–H and O–H groups in total. The topological polar surface area (TPSA) is 56.3 Å². The van der Waals surface area contributed by atoms with Crippen molar-refractivity contribution in [2.45, 2.75) is 19.4 Å². The summed E-state index contributed by atoms with van der Waals surface area (Å²) in [6, 6.07) is 10.8. The zero-order chi connectivity index (χ0) is 14.2. The Bertz CT molecular complexity index is 614. The fraction of sp³-hybridized carbons (Fsp3) is 0.467. The maximum Gasteiger partial charge on any atom is 0.298 e. The highest BCUT2D eigenvalue weighted by atomic mass is 16.4. The molecule has 0 unspecified atom stereocenters. The number of fused-ring (bicyclic) bond motifs is 1. The van der Waals surface area contributed by atoms with E-state index in [0.29, 0.717) is 6.01 Å². The van der Waals surface area contributed by atoms with Crippen LogP contribution >= 0.6 is 0 Å². The molecule has 1 aliphatic heterocycles. The maximum absolute atomic E-state index is 9.19. The third kappa shape index (κ3) is 2.23. The minimum Gasteiger partial charge on any atom is -0.423 e. The molecule has 0 radical (unpaired) electrons. The molecule has 0 amide bonds. The first kappa shape index (κ1) is 12.9. The number of anilines is 1. The summed E-state index contributed by atoms with van der Waals surface area (Å²) in [6.07, 6.45) is 0. The van der Waals surface area contributed by atoms with Crippen LogP contribution in [0.15, 0.2) is 28.7 Å². The average Bonchev–Trinajstić information content (AvgIpc) is 2.91. The molecule has 2 heterocycles. The number of hydrogen-bond donors (Lipinski definition) is 0. The highest BCUT2D eigenvalue weighted by molar-refractivity contribution is 5.74. The molecule has 0 bridgehead atoms. The third-order valence-electron chi connectivity index (χ3n) is 3.90. The summed E-state index contributed by atoms with van der Waals surface area (Å²) in [5.41, 5.74) is 1.30. The number of nitriles is 1. The van der Waals surface area contributed by atoms with E-state index in [2.05, 4.69) is 20.9 Å². The highest BCUT2D eigenvalue weighted by Crippen LogP contribution is 2.24. The Labute approximate surface area is 118 Å². The van der Waals surface area contributed by atoms with Crippen LogP contribution in [0.4, 0.5) is 6.01 Å². The summed E-state index contributed by atoms with van der Waals surface area (Å²) in [7, 11) is 0. The largest absolute Gasteiger partial charge is 0.423 e. The Morgan fingerprint density at radius 2 is 1.90 bits per heavy atom. The normalized spacial score (nSPS) is 17.4. The van der Waals surface area contributed by atoms with Crippen LogP contribution < -0.4 is 4.90 Å². The standard InChI is InChI=1S/C15H18N4O/c1-15(2,11-16)19-9-7-18(8-10-19)14-17-12-5-3-4-6-13(12)20-14/h3-6H,7-10H2,1-2H3. The fourth-order valence-corrected chi connectivity index (χ4v) is 2.52. The number of piperazine rings is 1. The summed E-state index contributed by atoms with van der Waals surface area (Å²) >= 11 is 0. The van der Waals surface area contributed by atoms with Crippen LogP contribution in [-0.4, -0.2) is 41.6 Å². The van der Waals surface area contributed by atoms with Crippen LogP contribution in [0.5, 0.6) is 0 Å². The van der Waals surface area contributed by atoms with Gasteiger partial charge in [-0.3, -0.25) is 4.90 Å². The Morgan fingerprint density at radius 3 is 2.55 bits per heavy atom. The van der Waals surface area contributed by atoms with E-state index in [-0.39, 0.29) is 0 Å². The van der Waals surface area contributed by atoms with Crippen LogP contribution in [-0.2, 0) is 0 Å². The van der Waals surface area contributed by atoms with Gasteiger partial charge in [-0.2, -0.15) is 10.2 Å². The number of aromatic nitrogens is 1. The lowest BCUT2D eigenvalue weighted by Gasteiger charge is -2.39. The van der Waals surface area contributed by atoms with Gasteiger partial charge in [0.25, 0.3) is 6.01 Å². The molecule has 0 spiro atoms. The molecule has 1 aromatic heterocycles. The van der Waals surface area contributed by atoms with Crippen molar-refractivity contribution in [3.63, 3.8) is 0 Å². The monoisotopic (exact) mass is 270 g/mol. The number of benzene rings is 1. The smallest absolute Gasteiger partial charge is 0.298 e. The number of nitrogens with zero attached hydrogens (tertiary/aromatic N) is 4. The molecule has 5 heteroatoms. The Kier molecular flexibility index (Phi) is 3.11. The Hall–Kier alpha value is -2.06. The van der Waals surface area contributed by atoms with E-state index in [4.69, 9.17) is 4.42 Å². The first-order chi connectivity index (χ1) is 9.60. The second-order valence-corrected chi connectivity index (χ2v) is 5.61. The van der Waals surface area contributed by atoms with E-state index in [1.807, 2.05) is 38.1 Å². The second-order valence-electron chi connectivity index (χ2n) is 5.61. The quantitative estimate of drug-likeness (QED) is 0.837. The van der Waals surface area contributed by atoms with E-state index < -0.39 is 5.54 Å². The molecular weight excluding hydrogens is 252 g/mol. The number of hydrogen-bond acceptors (Lipinski definition) is 5. The predicted molar refractivity (Wildman–Crippen MR) is 77.5 cm³/mol. The molecule has 1 aromatic carbocycles. The molecule has 1 saturated heterocycles. The maximum atomic E-state index is 9.19. The lowest BCUT2D eigenvalue weighted by molar-refractivity contribution is 0.156. The van der Waals surface area contributed by atoms with E-state index in [1.54, 1.807) is 0 Å². The minimum atomic E-state index is -0.409. The lowest BCUT2D eigenvalue weighted by atomic mass is 10.0. The molecule has 0 atom stereocenters. The van der Waals surface area contributed by atoms with Gasteiger partial charge in [0.1, 0.15) is 11.1 Å². The van der Waals surface area contributed by atoms with E-state index >= 15 is 0 Å². The van der Waals surface area contributed by atoms with Crippen molar-refractivity contribution in [2.75, 3.05) is 31.1 Å². The van der Waals surface area contributed by atoms with Gasteiger partial charge in [-0.15, -0.1) is 0 Å². The second kappa shape index (κ2) is 4.80. The molecule has 3 rings (SSSR count).